The molecule has 0 bridgehead atoms. The van der Waals surface area contributed by atoms with Crippen molar-refractivity contribution in [3.8, 4) is 0 Å². The molecule has 0 aromatic carbocycles. The van der Waals surface area contributed by atoms with E-state index in [1.807, 2.05) is 6.08 Å². The highest BCUT2D eigenvalue weighted by Crippen LogP contribution is 2.11. The van der Waals surface area contributed by atoms with Gasteiger partial charge in [-0.15, -0.1) is 6.58 Å². The summed E-state index contributed by atoms with van der Waals surface area (Å²) in [6, 6.07) is 0. The van der Waals surface area contributed by atoms with Gasteiger partial charge in [0.25, 0.3) is 0 Å². The third-order valence-electron chi connectivity index (χ3n) is 1.66. The Morgan fingerprint density at radius 3 is 3.25 bits per heavy atom. The average Bonchev–Trinajstić information content (AvgIpc) is 2.19. The second-order valence-corrected chi connectivity index (χ2v) is 2.38. The van der Waals surface area contributed by atoms with E-state index in [1.165, 1.54) is 25.9 Å². The van der Waals surface area contributed by atoms with Crippen LogP contribution in [0.15, 0.2) is 12.7 Å². The lowest BCUT2D eigenvalue weighted by Gasteiger charge is -2.00. The van der Waals surface area contributed by atoms with Gasteiger partial charge in [-0.1, -0.05) is 6.08 Å². The van der Waals surface area contributed by atoms with Gasteiger partial charge in [-0.25, -0.2) is 0 Å². The first-order valence-electron chi connectivity index (χ1n) is 3.25. The molecule has 1 unspecified atom stereocenters. The smallest absolute Gasteiger partial charge is 0.00171 e. The van der Waals surface area contributed by atoms with Crippen LogP contribution in [0.4, 0.5) is 0 Å². The monoisotopic (exact) mass is 113 g/mol. The quantitative estimate of drug-likeness (QED) is 0.530. The van der Waals surface area contributed by atoms with Gasteiger partial charge in [-0.2, -0.15) is 0 Å². The Kier molecular flexibility index (Phi) is 2.10. The third kappa shape index (κ3) is 1.34. The molecule has 0 aromatic heterocycles. The van der Waals surface area contributed by atoms with Crippen LogP contribution in [0.5, 0.6) is 0 Å². The lowest BCUT2D eigenvalue weighted by atomic mass is 10.2. The van der Waals surface area contributed by atoms with Crippen LogP contribution in [-0.4, -0.2) is 13.1 Å². The van der Waals surface area contributed by atoms with Gasteiger partial charge in [0.15, 0.2) is 0 Å². The van der Waals surface area contributed by atoms with E-state index in [0.29, 0.717) is 0 Å². The summed E-state index contributed by atoms with van der Waals surface area (Å²) in [6.45, 7) is 6.10. The van der Waals surface area contributed by atoms with E-state index >= 15 is 0 Å². The molecule has 1 saturated heterocycles. The van der Waals surface area contributed by atoms with Crippen LogP contribution in [0.25, 0.3) is 0 Å². The van der Waals surface area contributed by atoms with Crippen molar-refractivity contribution in [1.29, 1.82) is 0 Å². The van der Waals surface area contributed by atoms with Crippen molar-refractivity contribution >= 4 is 0 Å². The molecule has 1 fully saturated rings. The third-order valence-corrected chi connectivity index (χ3v) is 1.66. The molecular formula is C7H13N. The largest absolute Gasteiger partial charge is 0.316 e. The van der Waals surface area contributed by atoms with Crippen LogP contribution in [0, 0.1) is 5.92 Å². The van der Waals surface area contributed by atoms with Crippen molar-refractivity contribution in [2.24, 2.45) is 5.92 Å². The lowest BCUT2D eigenvalue weighted by molar-refractivity contribution is 0.593. The SMILES string of the molecule is C=CCC1CCN[14CH2]1. The number of rotatable bonds is 2. The van der Waals surface area contributed by atoms with Gasteiger partial charge in [-0.3, -0.25) is 0 Å². The van der Waals surface area contributed by atoms with Crippen molar-refractivity contribution in [2.45, 2.75) is 12.8 Å². The van der Waals surface area contributed by atoms with Gasteiger partial charge in [0.05, 0.1) is 0 Å². The minimum atomic E-state index is 0.882. The van der Waals surface area contributed by atoms with Gasteiger partial charge < -0.3 is 5.32 Å². The van der Waals surface area contributed by atoms with Crippen molar-refractivity contribution in [2.75, 3.05) is 13.1 Å². The zero-order valence-electron chi connectivity index (χ0n) is 5.19. The van der Waals surface area contributed by atoms with Crippen LogP contribution in [-0.2, 0) is 0 Å². The van der Waals surface area contributed by atoms with Gasteiger partial charge >= 0.3 is 0 Å². The maximum Gasteiger partial charge on any atom is -0.00171 e. The molecule has 1 aliphatic rings. The summed E-state index contributed by atoms with van der Waals surface area (Å²) in [5.41, 5.74) is 0. The molecule has 0 radical (unpaired) electrons. The van der Waals surface area contributed by atoms with Gasteiger partial charge in [0, 0.05) is 0 Å². The molecule has 1 aliphatic heterocycles. The molecular weight excluding hydrogens is 100 g/mol. The maximum absolute atomic E-state index is 3.70. The molecule has 1 N–H and O–H groups in total. The van der Waals surface area contributed by atoms with Crippen LogP contribution in [0.2, 0.25) is 0 Å². The molecule has 46 valence electrons. The van der Waals surface area contributed by atoms with Crippen LogP contribution in [0.3, 0.4) is 0 Å². The molecule has 0 amide bonds. The number of allylic oxidation sites excluding steroid dienone is 1. The highest BCUT2D eigenvalue weighted by atomic mass is 15.4. The fourth-order valence-electron chi connectivity index (χ4n) is 1.15. The first kappa shape index (κ1) is 5.83. The zero-order chi connectivity index (χ0) is 5.82. The summed E-state index contributed by atoms with van der Waals surface area (Å²) in [7, 11) is 0. The topological polar surface area (TPSA) is 12.0 Å². The Balaban J connectivity index is 2.14. The summed E-state index contributed by atoms with van der Waals surface area (Å²) in [4.78, 5) is 0. The van der Waals surface area contributed by atoms with E-state index in [-0.39, 0.29) is 0 Å². The molecule has 1 atom stereocenters. The summed E-state index contributed by atoms with van der Waals surface area (Å²) < 4.78 is 0. The minimum absolute atomic E-state index is 0.882. The Bertz CT molecular complexity index is 72.5. The predicted molar refractivity (Wildman–Crippen MR) is 35.8 cm³/mol. The molecule has 0 saturated carbocycles. The first-order chi connectivity index (χ1) is 3.93. The van der Waals surface area contributed by atoms with Gasteiger partial charge in [-0.05, 0) is 31.8 Å². The zero-order valence-corrected chi connectivity index (χ0v) is 5.19. The van der Waals surface area contributed by atoms with Crippen molar-refractivity contribution in [3.05, 3.63) is 12.7 Å². The Hall–Kier alpha value is -0.300. The molecule has 0 aliphatic carbocycles. The highest BCUT2D eigenvalue weighted by molar-refractivity contribution is 4.78. The second kappa shape index (κ2) is 2.88. The number of hydrogen-bond donors (Lipinski definition) is 1. The normalized spacial score (nSPS) is 28.2. The first-order valence-corrected chi connectivity index (χ1v) is 3.25. The second-order valence-electron chi connectivity index (χ2n) is 2.38. The van der Waals surface area contributed by atoms with E-state index in [2.05, 4.69) is 11.9 Å². The molecule has 1 heteroatoms. The van der Waals surface area contributed by atoms with E-state index < -0.39 is 0 Å². The minimum Gasteiger partial charge on any atom is -0.316 e. The molecule has 1 nitrogen and oxygen atoms in total. The lowest BCUT2D eigenvalue weighted by Crippen LogP contribution is -2.07. The number of hydrogen-bond acceptors (Lipinski definition) is 1. The Morgan fingerprint density at radius 1 is 1.88 bits per heavy atom. The Labute approximate surface area is 50.8 Å². The summed E-state index contributed by atoms with van der Waals surface area (Å²) in [5, 5.41) is 3.31. The fourth-order valence-corrected chi connectivity index (χ4v) is 1.15. The standard InChI is InChI=1S/C7H13N/c1-2-3-7-4-5-8-6-7/h2,7-8H,1,3-6H2/i6+2. The highest BCUT2D eigenvalue weighted by Gasteiger charge is 2.11. The van der Waals surface area contributed by atoms with Crippen LogP contribution >= 0.6 is 0 Å². The summed E-state index contributed by atoms with van der Waals surface area (Å²) in [6.07, 6.45) is 4.54. The summed E-state index contributed by atoms with van der Waals surface area (Å²) >= 11 is 0. The van der Waals surface area contributed by atoms with E-state index in [4.69, 9.17) is 0 Å². The van der Waals surface area contributed by atoms with E-state index in [1.54, 1.807) is 0 Å². The molecule has 8 heavy (non-hydrogen) atoms. The molecule has 1 heterocycles. The predicted octanol–water partition coefficient (Wildman–Crippen LogP) is 1.17. The van der Waals surface area contributed by atoms with Gasteiger partial charge in [0.1, 0.15) is 0 Å². The van der Waals surface area contributed by atoms with Crippen molar-refractivity contribution in [3.63, 3.8) is 0 Å². The Morgan fingerprint density at radius 2 is 2.75 bits per heavy atom. The van der Waals surface area contributed by atoms with Crippen LogP contribution in [0.1, 0.15) is 12.8 Å². The maximum atomic E-state index is 3.70. The molecule has 0 spiro atoms. The number of nitrogens with one attached hydrogen (secondary N) is 1. The molecule has 0 aromatic rings. The van der Waals surface area contributed by atoms with E-state index in [0.717, 1.165) is 5.92 Å². The molecule has 1 rings (SSSR count). The van der Waals surface area contributed by atoms with E-state index in [9.17, 15) is 0 Å². The fraction of sp³-hybridized carbons (Fsp3) is 0.714. The summed E-state index contributed by atoms with van der Waals surface area (Å²) in [5.74, 6) is 0.882. The van der Waals surface area contributed by atoms with Crippen LogP contribution < -0.4 is 5.32 Å². The average molecular weight is 113 g/mol. The van der Waals surface area contributed by atoms with Gasteiger partial charge in [0.2, 0.25) is 0 Å². The van der Waals surface area contributed by atoms with Crippen molar-refractivity contribution < 1.29 is 0 Å². The van der Waals surface area contributed by atoms with Crippen molar-refractivity contribution in [1.82, 2.24) is 5.32 Å².